The molecule has 1 aliphatic rings. The molecule has 0 saturated carbocycles. The predicted octanol–water partition coefficient (Wildman–Crippen LogP) is 2.09. The van der Waals surface area contributed by atoms with Gasteiger partial charge in [0.25, 0.3) is 0 Å². The molecule has 0 fully saturated rings. The minimum atomic E-state index is -0.948. The van der Waals surface area contributed by atoms with E-state index in [1.54, 1.807) is 6.08 Å². The molecule has 0 unspecified atom stereocenters. The van der Waals surface area contributed by atoms with Gasteiger partial charge in [0.15, 0.2) is 0 Å². The minimum absolute atomic E-state index is 0.594. The number of rotatable bonds is 1. The molecule has 1 heterocycles. The maximum absolute atomic E-state index is 10.4. The second kappa shape index (κ2) is 3.38. The van der Waals surface area contributed by atoms with E-state index in [2.05, 4.69) is 5.32 Å². The summed E-state index contributed by atoms with van der Waals surface area (Å²) in [6.45, 7) is 0. The smallest absolute Gasteiger partial charge is 0.330 e. The van der Waals surface area contributed by atoms with Crippen LogP contribution >= 0.6 is 0 Å². The summed E-state index contributed by atoms with van der Waals surface area (Å²) in [5.41, 5.74) is 2.59. The van der Waals surface area contributed by atoms with Gasteiger partial charge < -0.3 is 10.4 Å². The van der Waals surface area contributed by atoms with Gasteiger partial charge >= 0.3 is 5.97 Å². The number of benzene rings is 1. The topological polar surface area (TPSA) is 49.3 Å². The second-order valence-electron chi connectivity index (χ2n) is 2.98. The molecule has 0 spiro atoms. The van der Waals surface area contributed by atoms with Crippen molar-refractivity contribution in [2.45, 2.75) is 0 Å². The fourth-order valence-electron chi connectivity index (χ4n) is 1.35. The normalized spacial score (nSPS) is 16.1. The van der Waals surface area contributed by atoms with Crippen molar-refractivity contribution in [1.82, 2.24) is 0 Å². The fraction of sp³-hybridized carbons (Fsp3) is 0. The first-order valence-corrected chi connectivity index (χ1v) is 4.24. The van der Waals surface area contributed by atoms with E-state index in [0.717, 1.165) is 17.3 Å². The van der Waals surface area contributed by atoms with Crippen LogP contribution in [0.4, 0.5) is 5.69 Å². The quantitative estimate of drug-likeness (QED) is 0.662. The lowest BCUT2D eigenvalue weighted by Crippen LogP contribution is -2.05. The molecule has 2 rings (SSSR count). The Morgan fingerprint density at radius 2 is 2.07 bits per heavy atom. The van der Waals surface area contributed by atoms with Crippen LogP contribution in [0, 0.1) is 0 Å². The first kappa shape index (κ1) is 8.56. The molecule has 1 aliphatic heterocycles. The van der Waals surface area contributed by atoms with Crippen LogP contribution in [0.15, 0.2) is 42.1 Å². The Morgan fingerprint density at radius 1 is 1.29 bits per heavy atom. The standard InChI is InChI=1S/C11H9NO2/c13-11(14)7-9-6-5-8-3-1-2-4-10(8)12-9/h1-7,12H,(H,13,14). The molecule has 14 heavy (non-hydrogen) atoms. The van der Waals surface area contributed by atoms with Crippen molar-refractivity contribution in [3.05, 3.63) is 47.7 Å². The second-order valence-corrected chi connectivity index (χ2v) is 2.98. The minimum Gasteiger partial charge on any atom is -0.478 e. The number of anilines is 1. The third-order valence-electron chi connectivity index (χ3n) is 1.96. The molecule has 0 radical (unpaired) electrons. The van der Waals surface area contributed by atoms with Gasteiger partial charge in [-0.2, -0.15) is 0 Å². The summed E-state index contributed by atoms with van der Waals surface area (Å²) in [6.07, 6.45) is 4.78. The number of fused-ring (bicyclic) bond motifs is 1. The van der Waals surface area contributed by atoms with Crippen molar-refractivity contribution in [1.29, 1.82) is 0 Å². The van der Waals surface area contributed by atoms with E-state index in [0.29, 0.717) is 5.70 Å². The Morgan fingerprint density at radius 3 is 2.86 bits per heavy atom. The highest BCUT2D eigenvalue weighted by atomic mass is 16.4. The lowest BCUT2D eigenvalue weighted by molar-refractivity contribution is -0.131. The van der Waals surface area contributed by atoms with Crippen molar-refractivity contribution in [3.63, 3.8) is 0 Å². The van der Waals surface area contributed by atoms with Gasteiger partial charge in [-0.05, 0) is 17.7 Å². The number of allylic oxidation sites excluding steroid dienone is 1. The number of carboxylic acids is 1. The summed E-state index contributed by atoms with van der Waals surface area (Å²) in [5, 5.41) is 11.6. The van der Waals surface area contributed by atoms with Crippen LogP contribution in [-0.4, -0.2) is 11.1 Å². The van der Waals surface area contributed by atoms with Gasteiger partial charge in [0.2, 0.25) is 0 Å². The molecule has 2 N–H and O–H groups in total. The average molecular weight is 187 g/mol. The highest BCUT2D eigenvalue weighted by Crippen LogP contribution is 2.23. The molecule has 1 aromatic carbocycles. The van der Waals surface area contributed by atoms with Gasteiger partial charge in [0, 0.05) is 17.5 Å². The first-order valence-electron chi connectivity index (χ1n) is 4.24. The molecular formula is C11H9NO2. The third-order valence-corrected chi connectivity index (χ3v) is 1.96. The molecule has 0 bridgehead atoms. The maximum atomic E-state index is 10.4. The Bertz CT molecular complexity index is 433. The molecule has 0 amide bonds. The molecule has 0 saturated heterocycles. The zero-order valence-corrected chi connectivity index (χ0v) is 7.40. The van der Waals surface area contributed by atoms with Crippen molar-refractivity contribution in [2.24, 2.45) is 0 Å². The molecule has 0 atom stereocenters. The van der Waals surface area contributed by atoms with E-state index >= 15 is 0 Å². The molecular weight excluding hydrogens is 178 g/mol. The Labute approximate surface area is 81.4 Å². The molecule has 3 heteroatoms. The number of hydrogen-bond donors (Lipinski definition) is 2. The fourth-order valence-corrected chi connectivity index (χ4v) is 1.35. The first-order chi connectivity index (χ1) is 6.75. The lowest BCUT2D eigenvalue weighted by atomic mass is 10.1. The number of nitrogens with one attached hydrogen (secondary N) is 1. The van der Waals surface area contributed by atoms with Crippen LogP contribution in [0.25, 0.3) is 6.08 Å². The van der Waals surface area contributed by atoms with Crippen LogP contribution in [0.2, 0.25) is 0 Å². The number of para-hydroxylation sites is 1. The van der Waals surface area contributed by atoms with Crippen LogP contribution in [-0.2, 0) is 4.79 Å². The van der Waals surface area contributed by atoms with Crippen molar-refractivity contribution in [2.75, 3.05) is 5.32 Å². The van der Waals surface area contributed by atoms with Crippen molar-refractivity contribution < 1.29 is 9.90 Å². The van der Waals surface area contributed by atoms with E-state index in [1.807, 2.05) is 30.3 Å². The predicted molar refractivity (Wildman–Crippen MR) is 54.8 cm³/mol. The summed E-state index contributed by atoms with van der Waals surface area (Å²) < 4.78 is 0. The SMILES string of the molecule is O=C(O)C=C1C=Cc2ccccc2N1. The van der Waals surface area contributed by atoms with Gasteiger partial charge in [0.05, 0.1) is 0 Å². The van der Waals surface area contributed by atoms with Crippen molar-refractivity contribution in [3.8, 4) is 0 Å². The number of hydrogen-bond acceptors (Lipinski definition) is 2. The van der Waals surface area contributed by atoms with E-state index in [9.17, 15) is 4.79 Å². The Hall–Kier alpha value is -2.03. The highest BCUT2D eigenvalue weighted by molar-refractivity contribution is 5.85. The van der Waals surface area contributed by atoms with Gasteiger partial charge in [0.1, 0.15) is 0 Å². The molecule has 70 valence electrons. The summed E-state index contributed by atoms with van der Waals surface area (Å²) in [7, 11) is 0. The van der Waals surface area contributed by atoms with Gasteiger partial charge in [-0.15, -0.1) is 0 Å². The summed E-state index contributed by atoms with van der Waals surface area (Å²) in [6, 6.07) is 7.73. The molecule has 0 aliphatic carbocycles. The number of aliphatic carboxylic acids is 1. The third kappa shape index (κ3) is 1.66. The van der Waals surface area contributed by atoms with Crippen molar-refractivity contribution >= 4 is 17.7 Å². The maximum Gasteiger partial charge on any atom is 0.330 e. The summed E-state index contributed by atoms with van der Waals surface area (Å²) in [5.74, 6) is -0.948. The molecule has 3 nitrogen and oxygen atoms in total. The van der Waals surface area contributed by atoms with Crippen LogP contribution in [0.1, 0.15) is 5.56 Å². The lowest BCUT2D eigenvalue weighted by Gasteiger charge is -2.14. The van der Waals surface area contributed by atoms with Crippen LogP contribution in [0.3, 0.4) is 0 Å². The monoisotopic (exact) mass is 187 g/mol. The zero-order chi connectivity index (χ0) is 9.97. The summed E-state index contributed by atoms with van der Waals surface area (Å²) >= 11 is 0. The van der Waals surface area contributed by atoms with E-state index in [4.69, 9.17) is 5.11 Å². The van der Waals surface area contributed by atoms with E-state index < -0.39 is 5.97 Å². The van der Waals surface area contributed by atoms with Gasteiger partial charge in [-0.1, -0.05) is 24.3 Å². The Balaban J connectivity index is 2.34. The largest absolute Gasteiger partial charge is 0.478 e. The van der Waals surface area contributed by atoms with Crippen LogP contribution < -0.4 is 5.32 Å². The van der Waals surface area contributed by atoms with E-state index in [1.165, 1.54) is 0 Å². The van der Waals surface area contributed by atoms with Crippen LogP contribution in [0.5, 0.6) is 0 Å². The number of carboxylic acid groups (broad SMARTS) is 1. The molecule has 1 aromatic rings. The van der Waals surface area contributed by atoms with Gasteiger partial charge in [-0.3, -0.25) is 0 Å². The number of carbonyl (C=O) groups is 1. The molecule has 0 aromatic heterocycles. The van der Waals surface area contributed by atoms with E-state index in [-0.39, 0.29) is 0 Å². The van der Waals surface area contributed by atoms with Gasteiger partial charge in [-0.25, -0.2) is 4.79 Å². The highest BCUT2D eigenvalue weighted by Gasteiger charge is 2.06. The Kier molecular flexibility index (Phi) is 2.07. The summed E-state index contributed by atoms with van der Waals surface area (Å²) in [4.78, 5) is 10.4. The zero-order valence-electron chi connectivity index (χ0n) is 7.40. The average Bonchev–Trinajstić information content (AvgIpc) is 2.17.